The molecular weight excluding hydrogens is 532 g/mol. The van der Waals surface area contributed by atoms with Gasteiger partial charge in [-0.3, -0.25) is 0 Å². The maximum atomic E-state index is 6.78. The van der Waals surface area contributed by atoms with Crippen LogP contribution in [0.4, 0.5) is 11.4 Å². The molecule has 0 N–H and O–H groups in total. The number of hydrogen-bond donors (Lipinski definition) is 0. The van der Waals surface area contributed by atoms with Crippen LogP contribution in [-0.4, -0.2) is 9.13 Å². The molecule has 2 aromatic heterocycles. The van der Waals surface area contributed by atoms with Crippen molar-refractivity contribution in [1.82, 2.24) is 9.13 Å². The van der Waals surface area contributed by atoms with Gasteiger partial charge in [0.2, 0.25) is 0 Å². The first-order chi connectivity index (χ1) is 20.9. The van der Waals surface area contributed by atoms with Crippen LogP contribution in [0.25, 0.3) is 43.6 Å². The van der Waals surface area contributed by atoms with Gasteiger partial charge in [-0.1, -0.05) is 56.7 Å². The lowest BCUT2D eigenvalue weighted by molar-refractivity contribution is 0.448. The Morgan fingerprint density at radius 2 is 0.930 bits per heavy atom. The fraction of sp³-hybridized carbons (Fsp3) is 0.189. The summed E-state index contributed by atoms with van der Waals surface area (Å²) in [4.78, 5) is 10.3. The number of hydrogen-bond acceptors (Lipinski definition) is 4. The molecule has 0 bridgehead atoms. The third-order valence-electron chi connectivity index (χ3n) is 8.72. The molecule has 4 heterocycles. The van der Waals surface area contributed by atoms with Gasteiger partial charge in [-0.25, -0.2) is 9.98 Å². The summed E-state index contributed by atoms with van der Waals surface area (Å²) in [5.74, 6) is 3.06. The first-order valence-corrected chi connectivity index (χ1v) is 14.9. The van der Waals surface area contributed by atoms with E-state index >= 15 is 0 Å². The monoisotopic (exact) mass is 564 g/mol. The van der Waals surface area contributed by atoms with Crippen molar-refractivity contribution in [1.29, 1.82) is 0 Å². The van der Waals surface area contributed by atoms with Crippen LogP contribution in [-0.2, 0) is 14.1 Å². The molecule has 9 rings (SSSR count). The average Bonchev–Trinajstić information content (AvgIpc) is 3.50. The van der Waals surface area contributed by atoms with E-state index in [1.807, 2.05) is 12.1 Å². The van der Waals surface area contributed by atoms with E-state index in [4.69, 9.17) is 19.5 Å². The number of aromatic nitrogens is 2. The second-order valence-corrected chi connectivity index (χ2v) is 11.5. The van der Waals surface area contributed by atoms with Gasteiger partial charge in [0.1, 0.15) is 22.1 Å². The lowest BCUT2D eigenvalue weighted by Crippen LogP contribution is -2.25. The lowest BCUT2D eigenvalue weighted by atomic mass is 10.0. The molecule has 0 atom stereocenters. The van der Waals surface area contributed by atoms with Gasteiger partial charge in [0.25, 0.3) is 0 Å². The Hall–Kier alpha value is -5.10. The highest BCUT2D eigenvalue weighted by molar-refractivity contribution is 6.14. The van der Waals surface area contributed by atoms with Crippen LogP contribution in [0.5, 0.6) is 23.0 Å². The van der Waals surface area contributed by atoms with Gasteiger partial charge in [-0.15, -0.1) is 0 Å². The van der Waals surface area contributed by atoms with Gasteiger partial charge in [0.15, 0.2) is 23.0 Å². The number of benzene rings is 5. The molecule has 212 valence electrons. The van der Waals surface area contributed by atoms with Crippen molar-refractivity contribution in [2.75, 3.05) is 0 Å². The Balaban J connectivity index is 0.000000892. The van der Waals surface area contributed by atoms with Crippen LogP contribution >= 0.6 is 0 Å². The quantitative estimate of drug-likeness (QED) is 0.184. The maximum Gasteiger partial charge on any atom is 0.163 e. The molecule has 0 saturated carbocycles. The number of ether oxygens (including phenoxy) is 2. The zero-order valence-electron chi connectivity index (χ0n) is 25.2. The Kier molecular flexibility index (Phi) is 5.48. The summed E-state index contributed by atoms with van der Waals surface area (Å²) in [5.41, 5.74) is 8.05. The summed E-state index contributed by atoms with van der Waals surface area (Å²) < 4.78 is 18.0. The molecule has 6 nitrogen and oxygen atoms in total. The predicted octanol–water partition coefficient (Wildman–Crippen LogP) is 9.12. The molecular formula is C37H32N4O2. The summed E-state index contributed by atoms with van der Waals surface area (Å²) in [6.45, 7) is 8.35. The normalized spacial score (nSPS) is 12.8. The minimum atomic E-state index is 0.742. The highest BCUT2D eigenvalue weighted by Gasteiger charge is 2.28. The average molecular weight is 565 g/mol. The summed E-state index contributed by atoms with van der Waals surface area (Å²) in [7, 11) is 4.19. The lowest BCUT2D eigenvalue weighted by Gasteiger charge is -2.23. The van der Waals surface area contributed by atoms with Crippen LogP contribution in [0.15, 0.2) is 82.8 Å². The molecule has 5 aromatic carbocycles. The van der Waals surface area contributed by atoms with E-state index in [0.29, 0.717) is 0 Å². The van der Waals surface area contributed by atoms with Gasteiger partial charge < -0.3 is 18.6 Å². The highest BCUT2D eigenvalue weighted by atomic mass is 16.5. The van der Waals surface area contributed by atoms with Crippen molar-refractivity contribution in [3.8, 4) is 23.0 Å². The van der Waals surface area contributed by atoms with Crippen LogP contribution in [0.2, 0.25) is 0 Å². The molecule has 43 heavy (non-hydrogen) atoms. The van der Waals surface area contributed by atoms with Crippen LogP contribution in [0, 0.1) is 13.8 Å². The van der Waals surface area contributed by atoms with E-state index in [2.05, 4.69) is 112 Å². The first kappa shape index (κ1) is 25.6. The van der Waals surface area contributed by atoms with E-state index in [1.54, 1.807) is 0 Å². The number of aryl methyl sites for hydroxylation is 2. The van der Waals surface area contributed by atoms with Crippen molar-refractivity contribution in [2.45, 2.75) is 34.1 Å². The van der Waals surface area contributed by atoms with E-state index in [0.717, 1.165) is 88.8 Å². The van der Waals surface area contributed by atoms with Gasteiger partial charge in [-0.2, -0.15) is 0 Å². The number of nitrogens with zero attached hydrogens (tertiary/aromatic N) is 4. The van der Waals surface area contributed by atoms with Gasteiger partial charge in [-0.05, 0) is 50.2 Å². The molecule has 2 aliphatic heterocycles. The predicted molar refractivity (Wildman–Crippen MR) is 175 cm³/mol. The first-order valence-electron chi connectivity index (χ1n) is 14.9. The standard InChI is InChI=1S/C34H24N4O2.C3H8/c1-17-29-32(40-34-21(35-29)13-15-26-28(34)20-10-6-8-12-24(20)38(26)4)18(2)30-31(17)39-33-22(36-30)14-16-25-27(33)19-9-5-7-11-23(19)37(25)3;1-3-2/h5-16H,1-4H3;3H2,1-2H3. The van der Waals surface area contributed by atoms with Crippen molar-refractivity contribution < 1.29 is 9.47 Å². The summed E-state index contributed by atoms with van der Waals surface area (Å²) in [6.07, 6.45) is 1.25. The zero-order valence-corrected chi connectivity index (χ0v) is 25.2. The SMILES string of the molecule is CCC.Cc1c2c(c(C)c3c1=Nc1ccc4c(c1O3)c1ccccc1n4C)=Nc1ccc3c(c1O2)c1ccccc1n3C. The van der Waals surface area contributed by atoms with E-state index < -0.39 is 0 Å². The van der Waals surface area contributed by atoms with Gasteiger partial charge in [0.05, 0.1) is 21.8 Å². The van der Waals surface area contributed by atoms with Crippen molar-refractivity contribution in [3.05, 3.63) is 94.6 Å². The molecule has 0 unspecified atom stereocenters. The highest BCUT2D eigenvalue weighted by Crippen LogP contribution is 2.48. The Morgan fingerprint density at radius 1 is 0.535 bits per heavy atom. The fourth-order valence-electron chi connectivity index (χ4n) is 6.67. The Morgan fingerprint density at radius 3 is 1.35 bits per heavy atom. The third kappa shape index (κ3) is 3.40. The third-order valence-corrected chi connectivity index (χ3v) is 8.72. The van der Waals surface area contributed by atoms with Crippen molar-refractivity contribution in [2.24, 2.45) is 24.1 Å². The second-order valence-electron chi connectivity index (χ2n) is 11.5. The van der Waals surface area contributed by atoms with Crippen LogP contribution in [0.3, 0.4) is 0 Å². The van der Waals surface area contributed by atoms with Crippen LogP contribution < -0.4 is 20.2 Å². The molecule has 0 amide bonds. The number of para-hydroxylation sites is 2. The largest absolute Gasteiger partial charge is 0.452 e. The second kappa shape index (κ2) is 9.20. The number of fused-ring (bicyclic) bond motifs is 12. The Bertz CT molecular complexity index is 2270. The van der Waals surface area contributed by atoms with Gasteiger partial charge in [0, 0.05) is 47.0 Å². The van der Waals surface area contributed by atoms with E-state index in [-0.39, 0.29) is 0 Å². The summed E-state index contributed by atoms with van der Waals surface area (Å²) in [6, 6.07) is 25.2. The van der Waals surface area contributed by atoms with E-state index in [1.165, 1.54) is 17.5 Å². The van der Waals surface area contributed by atoms with Gasteiger partial charge >= 0.3 is 0 Å². The molecule has 0 spiro atoms. The minimum absolute atomic E-state index is 0.742. The Labute approximate surface area is 249 Å². The molecule has 7 aromatic rings. The minimum Gasteiger partial charge on any atom is -0.452 e. The maximum absolute atomic E-state index is 6.78. The van der Waals surface area contributed by atoms with Crippen molar-refractivity contribution in [3.63, 3.8) is 0 Å². The molecule has 0 fully saturated rings. The molecule has 2 aliphatic rings. The fourth-order valence-corrected chi connectivity index (χ4v) is 6.67. The van der Waals surface area contributed by atoms with Crippen molar-refractivity contribution >= 4 is 55.0 Å². The molecule has 6 heteroatoms. The smallest absolute Gasteiger partial charge is 0.163 e. The summed E-state index contributed by atoms with van der Waals surface area (Å²) in [5, 5.41) is 6.07. The molecule has 0 radical (unpaired) electrons. The van der Waals surface area contributed by atoms with E-state index in [9.17, 15) is 0 Å². The zero-order chi connectivity index (χ0) is 29.6. The molecule has 0 saturated heterocycles. The topological polar surface area (TPSA) is 53.0 Å². The summed E-state index contributed by atoms with van der Waals surface area (Å²) >= 11 is 0. The van der Waals surface area contributed by atoms with Crippen LogP contribution in [0.1, 0.15) is 31.4 Å². The number of rotatable bonds is 0. The molecule has 0 aliphatic carbocycles.